The third-order valence-electron chi connectivity index (χ3n) is 29.6. The van der Waals surface area contributed by atoms with Crippen molar-refractivity contribution in [2.75, 3.05) is 0 Å². The van der Waals surface area contributed by atoms with E-state index >= 15 is 0 Å². The Bertz CT molecular complexity index is 11600. The maximum atomic E-state index is 8.95. The number of hydrogen-bond acceptors (Lipinski definition) is 4. The molecule has 0 aliphatic carbocycles. The second kappa shape index (κ2) is 35.7. The van der Waals surface area contributed by atoms with E-state index in [1.54, 1.807) is 0 Å². The lowest BCUT2D eigenvalue weighted by molar-refractivity contribution is 0.668. The smallest absolute Gasteiger partial charge is 0.136 e. The fourth-order valence-electron chi connectivity index (χ4n) is 23.3. The maximum Gasteiger partial charge on any atom is 0.136 e. The van der Waals surface area contributed by atoms with Gasteiger partial charge in [0.15, 0.2) is 0 Å². The molecule has 31 aromatic rings. The summed E-state index contributed by atoms with van der Waals surface area (Å²) in [5, 5.41) is 21.4. The van der Waals surface area contributed by atoms with Crippen molar-refractivity contribution < 1.29 is 38.2 Å². The van der Waals surface area contributed by atoms with Gasteiger partial charge in [0.25, 0.3) is 0 Å². The van der Waals surface area contributed by atoms with Crippen molar-refractivity contribution in [1.82, 2.24) is 4.57 Å². The number of benzene rings is 26. The molecule has 5 heterocycles. The molecule has 0 aliphatic heterocycles. The minimum atomic E-state index is -0.405. The average Bonchev–Trinajstić information content (AvgIpc) is 1.67. The molecule has 694 valence electrons. The number of para-hydroxylation sites is 6. The number of fused-ring (bicyclic) bond motifs is 21. The van der Waals surface area contributed by atoms with Crippen molar-refractivity contribution in [3.05, 3.63) is 540 Å². The van der Waals surface area contributed by atoms with Gasteiger partial charge in [-0.3, -0.25) is 0 Å². The summed E-state index contributed by atoms with van der Waals surface area (Å²) in [7, 11) is 0. The zero-order valence-electron chi connectivity index (χ0n) is 94.8. The molecule has 0 radical (unpaired) electrons. The SMILES string of the molecule is [2H]c1c([2H])c([2H])c(-c2c3ccccc3c(-c3ccc(-c4ccc5oc6ccccc6c5c4-c4ccc5c6ccccc6n(-c6ccccc6)c5c4)cc3)c3ccccc23)c([2H])c1[2H].[2H]c1c([2H])c([2H])c(-c2c3ccccc3c(-c3ccc(-c4ccc5oc6ccccc6c5c4-c4ccc5oc6ccccc6c5c4)cc3)c3ccccc23)c([2H])c1[2H].[2H]c1c([2H])c([2H])c(-c2c3ccccc3c(-c3cccc(-c4cccc5oc6ccccc6c45)c3)c3ccccc23)c([2H])c1[2H]. The molecule has 0 saturated carbocycles. The number of nitrogens with zero attached hydrogens (tertiary/aromatic N) is 1. The quantitative estimate of drug-likeness (QED) is 0.114. The van der Waals surface area contributed by atoms with Gasteiger partial charge in [0.1, 0.15) is 44.7 Å². The molecule has 0 N–H and O–H groups in total. The molecule has 149 heavy (non-hydrogen) atoms. The van der Waals surface area contributed by atoms with E-state index in [2.05, 4.69) is 253 Å². The first kappa shape index (κ1) is 71.7. The molecule has 0 unspecified atom stereocenters. The summed E-state index contributed by atoms with van der Waals surface area (Å²) >= 11 is 0. The van der Waals surface area contributed by atoms with Gasteiger partial charge in [-0.05, 0) is 261 Å². The Balaban J connectivity index is 0.000000114. The molecule has 0 saturated heterocycles. The Morgan fingerprint density at radius 3 is 0.859 bits per heavy atom. The molecule has 5 nitrogen and oxygen atoms in total. The van der Waals surface area contributed by atoms with Crippen LogP contribution in [0.1, 0.15) is 20.6 Å². The molecular weight excluding hydrogens is 1810 g/mol. The highest BCUT2D eigenvalue weighted by Gasteiger charge is 2.28. The van der Waals surface area contributed by atoms with Crippen LogP contribution in [0, 0.1) is 0 Å². The van der Waals surface area contributed by atoms with Gasteiger partial charge in [-0.1, -0.05) is 455 Å². The van der Waals surface area contributed by atoms with E-state index in [1.807, 2.05) is 200 Å². The summed E-state index contributed by atoms with van der Waals surface area (Å²) in [6, 6.07) is 149. The van der Waals surface area contributed by atoms with E-state index in [9.17, 15) is 0 Å². The molecule has 0 atom stereocenters. The van der Waals surface area contributed by atoms with E-state index in [1.165, 1.54) is 10.8 Å². The van der Waals surface area contributed by atoms with Crippen LogP contribution in [0.2, 0.25) is 0 Å². The second-order valence-corrected chi connectivity index (χ2v) is 37.7. The largest absolute Gasteiger partial charge is 0.456 e. The molecule has 26 aromatic carbocycles. The van der Waals surface area contributed by atoms with E-state index < -0.39 is 18.1 Å². The zero-order chi connectivity index (χ0) is 111. The number of aromatic nitrogens is 1. The lowest BCUT2D eigenvalue weighted by Crippen LogP contribution is -1.94. The molecule has 5 heteroatoms. The minimum Gasteiger partial charge on any atom is -0.456 e. The topological polar surface area (TPSA) is 57.5 Å². The van der Waals surface area contributed by atoms with Crippen molar-refractivity contribution in [3.63, 3.8) is 0 Å². The van der Waals surface area contributed by atoms with Crippen molar-refractivity contribution in [2.45, 2.75) is 0 Å². The predicted molar refractivity (Wildman–Crippen MR) is 628 cm³/mol. The summed E-state index contributed by atoms with van der Waals surface area (Å²) in [6.07, 6.45) is 0. The number of furan rings is 4. The average molecular weight is 1910 g/mol. The highest BCUT2D eigenvalue weighted by molar-refractivity contribution is 6.27. The van der Waals surface area contributed by atoms with Crippen LogP contribution in [0.3, 0.4) is 0 Å². The van der Waals surface area contributed by atoms with E-state index in [0.29, 0.717) is 16.7 Å². The summed E-state index contributed by atoms with van der Waals surface area (Å²) in [5.74, 6) is 0. The van der Waals surface area contributed by atoms with Gasteiger partial charge in [-0.25, -0.2) is 0 Å². The van der Waals surface area contributed by atoms with Crippen LogP contribution in [0.4, 0.5) is 0 Å². The summed E-state index contributed by atoms with van der Waals surface area (Å²) in [4.78, 5) is 0. The van der Waals surface area contributed by atoms with Crippen molar-refractivity contribution in [2.24, 2.45) is 0 Å². The van der Waals surface area contributed by atoms with Crippen LogP contribution < -0.4 is 0 Å². The van der Waals surface area contributed by atoms with Gasteiger partial charge < -0.3 is 22.2 Å². The molecule has 0 amide bonds. The second-order valence-electron chi connectivity index (χ2n) is 37.7. The number of hydrogen-bond donors (Lipinski definition) is 0. The Labute approximate surface area is 879 Å². The number of rotatable bonds is 12. The van der Waals surface area contributed by atoms with Gasteiger partial charge in [0.2, 0.25) is 0 Å². The van der Waals surface area contributed by atoms with Crippen LogP contribution >= 0.6 is 0 Å². The standard InChI is InChI=1S/C56H35NO.C50H30O2.C38H24O/c1-3-15-37(16-4-1)53-44-20-7-9-22-46(44)54(47-23-10-8-21-45(47)53)38-29-27-36(28-30-38)41-33-34-52-56(48-24-12-14-26-51(48)58-52)55(41)39-31-32-43-42-19-11-13-25-49(42)57(50(43)35-39)40-17-5-2-6-18-40;1-2-12-32(13-3-1)47-37-15-4-6-17-39(37)48(40-18-7-5-16-38(40)47)33-24-22-31(23-25-33)35-27-29-46-50(41-19-9-11-21-44(41)52-46)49(35)34-26-28-45-42(30-34)36-14-8-10-20-43(36)51-45;1-2-12-25(13-3-1)36-29-16-4-6-18-31(29)37(32-19-7-5-17-30(32)36)27-15-10-14-26(24-27)28-21-11-23-35-38(28)33-20-8-9-22-34(33)39-35/h1-35H;1-30H;1-24H/i1D,3D,4D,15D,16D;2*1D,2D,3D,12D,13D. The van der Waals surface area contributed by atoms with Crippen LogP contribution in [-0.4, -0.2) is 4.57 Å². The highest BCUT2D eigenvalue weighted by atomic mass is 16.3. The fraction of sp³-hybridized carbons (Fsp3) is 0. The lowest BCUT2D eigenvalue weighted by Gasteiger charge is -2.18. The van der Waals surface area contributed by atoms with E-state index in [-0.39, 0.29) is 89.2 Å². The molecule has 31 rings (SSSR count). The summed E-state index contributed by atoms with van der Waals surface area (Å²) < 4.78 is 156. The predicted octanol–water partition coefficient (Wildman–Crippen LogP) is 41.0. The molecule has 0 spiro atoms. The Morgan fingerprint density at radius 1 is 0.141 bits per heavy atom. The Kier molecular flexibility index (Phi) is 17.2. The first-order valence-corrected chi connectivity index (χ1v) is 49.8. The van der Waals surface area contributed by atoms with Crippen molar-refractivity contribution >= 4 is 174 Å². The fourth-order valence-corrected chi connectivity index (χ4v) is 23.3. The van der Waals surface area contributed by atoms with Crippen LogP contribution in [0.15, 0.2) is 557 Å². The monoisotopic (exact) mass is 1910 g/mol. The van der Waals surface area contributed by atoms with Crippen LogP contribution in [0.5, 0.6) is 0 Å². The minimum absolute atomic E-state index is 0.201. The highest BCUT2D eigenvalue weighted by Crippen LogP contribution is 2.54. The molecule has 0 bridgehead atoms. The van der Waals surface area contributed by atoms with E-state index in [0.717, 1.165) is 258 Å². The van der Waals surface area contributed by atoms with Gasteiger partial charge in [0.05, 0.1) is 31.6 Å². The molecule has 0 fully saturated rings. The maximum absolute atomic E-state index is 8.95. The molecule has 5 aromatic heterocycles. The Hall–Kier alpha value is -19.7. The van der Waals surface area contributed by atoms with Gasteiger partial charge >= 0.3 is 0 Å². The van der Waals surface area contributed by atoms with Crippen LogP contribution in [-0.2, 0) is 0 Å². The van der Waals surface area contributed by atoms with Crippen molar-refractivity contribution in [3.8, 4) is 128 Å². The third-order valence-corrected chi connectivity index (χ3v) is 29.6. The van der Waals surface area contributed by atoms with Gasteiger partial charge in [-0.2, -0.15) is 0 Å². The summed E-state index contributed by atoms with van der Waals surface area (Å²) in [5.41, 5.74) is 29.4. The molecular formula is C144H89NO4. The van der Waals surface area contributed by atoms with Crippen molar-refractivity contribution in [1.29, 1.82) is 0 Å². The zero-order valence-corrected chi connectivity index (χ0v) is 79.8. The first-order chi connectivity index (χ1) is 80.2. The van der Waals surface area contributed by atoms with Gasteiger partial charge in [-0.15, -0.1) is 0 Å². The van der Waals surface area contributed by atoms with E-state index in [4.69, 9.17) is 38.2 Å². The third kappa shape index (κ3) is 14.4. The Morgan fingerprint density at radius 2 is 0.423 bits per heavy atom. The first-order valence-electron chi connectivity index (χ1n) is 57.3. The normalized spacial score (nSPS) is 13.2. The molecule has 0 aliphatic rings. The summed E-state index contributed by atoms with van der Waals surface area (Å²) in [6.45, 7) is 0. The van der Waals surface area contributed by atoms with Gasteiger partial charge in [0, 0.05) is 70.7 Å². The van der Waals surface area contributed by atoms with Crippen LogP contribution in [0.25, 0.3) is 302 Å². The lowest BCUT2D eigenvalue weighted by atomic mass is 9.85.